The zero-order valence-corrected chi connectivity index (χ0v) is 19.1. The van der Waals surface area contributed by atoms with E-state index in [2.05, 4.69) is 28.2 Å². The monoisotopic (exact) mass is 537 g/mol. The average Bonchev–Trinajstić information content (AvgIpc) is 3.03. The van der Waals surface area contributed by atoms with Crippen LogP contribution in [0.2, 0.25) is 0 Å². The van der Waals surface area contributed by atoms with Gasteiger partial charge in [0.1, 0.15) is 19.1 Å². The van der Waals surface area contributed by atoms with E-state index in [1.54, 1.807) is 0 Å². The van der Waals surface area contributed by atoms with E-state index in [4.69, 9.17) is 24.8 Å². The average molecular weight is 537 g/mol. The number of aryl methyl sites for hydroxylation is 1. The molecule has 1 saturated heterocycles. The summed E-state index contributed by atoms with van der Waals surface area (Å²) in [7, 11) is -16.7. The number of ether oxygens (including phenoxy) is 2. The normalized spacial score (nSPS) is 24.6. The summed E-state index contributed by atoms with van der Waals surface area (Å²) in [5.74, 6) is 0. The van der Waals surface area contributed by atoms with Crippen LogP contribution in [0.4, 0.5) is 0 Å². The number of hydrogen-bond donors (Lipinski definition) is 5. The van der Waals surface area contributed by atoms with Crippen molar-refractivity contribution in [3.8, 4) is 0 Å². The quantitative estimate of drug-likeness (QED) is 0.109. The summed E-state index contributed by atoms with van der Waals surface area (Å²) in [5.41, 5.74) is 7.07. The van der Waals surface area contributed by atoms with Gasteiger partial charge in [0, 0.05) is 23.1 Å². The first kappa shape index (κ1) is 27.6. The molecule has 3 unspecified atom stereocenters. The molecule has 2 rings (SSSR count). The smallest absolute Gasteiger partial charge is 0.369 e. The van der Waals surface area contributed by atoms with Crippen molar-refractivity contribution in [1.82, 2.24) is 9.55 Å². The molecule has 1 aromatic heterocycles. The molecule has 1 aliphatic heterocycles. The Morgan fingerprint density at radius 1 is 1.24 bits per heavy atom. The number of H-pyrrole nitrogens is 1. The molecule has 1 fully saturated rings. The van der Waals surface area contributed by atoms with Crippen molar-refractivity contribution in [1.29, 1.82) is 0 Å². The number of hydrogen-bond acceptors (Lipinski definition) is 11. The molecular formula is C11H18N5O14P3. The summed E-state index contributed by atoms with van der Waals surface area (Å²) < 4.78 is 57.6. The number of azide groups is 1. The van der Waals surface area contributed by atoms with Crippen molar-refractivity contribution < 1.29 is 55.9 Å². The maximum atomic E-state index is 12.1. The summed E-state index contributed by atoms with van der Waals surface area (Å²) >= 11 is 0. The van der Waals surface area contributed by atoms with Gasteiger partial charge < -0.3 is 29.0 Å². The molecule has 0 radical (unpaired) electrons. The molecule has 0 amide bonds. The number of phosphoric acid groups is 3. The van der Waals surface area contributed by atoms with Gasteiger partial charge in [0.2, 0.25) is 0 Å². The zero-order chi connectivity index (χ0) is 25.0. The van der Waals surface area contributed by atoms with E-state index in [1.807, 2.05) is 0 Å². The van der Waals surface area contributed by atoms with E-state index >= 15 is 0 Å². The lowest BCUT2D eigenvalue weighted by Crippen LogP contribution is -2.33. The highest BCUT2D eigenvalue weighted by atomic mass is 31.3. The Hall–Kier alpha value is -1.68. The fourth-order valence-corrected chi connectivity index (χ4v) is 5.65. The molecule has 5 atom stereocenters. The van der Waals surface area contributed by atoms with Crippen molar-refractivity contribution in [3.63, 3.8) is 0 Å². The third-order valence-corrected chi connectivity index (χ3v) is 7.67. The van der Waals surface area contributed by atoms with Crippen molar-refractivity contribution >= 4 is 23.5 Å². The van der Waals surface area contributed by atoms with Crippen LogP contribution in [0.1, 0.15) is 18.2 Å². The molecule has 1 aromatic rings. The number of aromatic nitrogens is 2. The van der Waals surface area contributed by atoms with Gasteiger partial charge in [-0.05, 0) is 12.5 Å². The lowest BCUT2D eigenvalue weighted by atomic mass is 10.2. The van der Waals surface area contributed by atoms with Gasteiger partial charge in [0.25, 0.3) is 5.56 Å². The SMILES string of the molecule is Cc1cn([C@H]2C[C@@H](OCN=[N+]=[N-])C(COP(=O)(O)OP(=O)(O)OP(=O)(O)O)O2)c(=O)[nH]c1=O. The molecule has 5 N–H and O–H groups in total. The second-order valence-electron chi connectivity index (χ2n) is 6.30. The Morgan fingerprint density at radius 3 is 2.52 bits per heavy atom. The van der Waals surface area contributed by atoms with Gasteiger partial charge in [-0.25, -0.2) is 18.5 Å². The predicted octanol–water partition coefficient (Wildman–Crippen LogP) is 0.129. The maximum absolute atomic E-state index is 12.1. The minimum atomic E-state index is -5.72. The number of rotatable bonds is 11. The molecular weight excluding hydrogens is 519 g/mol. The third-order valence-electron chi connectivity index (χ3n) is 3.86. The Kier molecular flexibility index (Phi) is 8.95. The molecule has 0 saturated carbocycles. The largest absolute Gasteiger partial charge is 0.490 e. The minimum Gasteiger partial charge on any atom is -0.369 e. The van der Waals surface area contributed by atoms with E-state index in [0.717, 1.165) is 4.57 Å². The molecule has 2 heterocycles. The molecule has 19 nitrogen and oxygen atoms in total. The van der Waals surface area contributed by atoms with E-state index in [1.165, 1.54) is 13.1 Å². The number of nitrogens with zero attached hydrogens (tertiary/aromatic N) is 4. The van der Waals surface area contributed by atoms with Crippen LogP contribution in [0.5, 0.6) is 0 Å². The summed E-state index contributed by atoms with van der Waals surface area (Å²) in [4.78, 5) is 64.0. The molecule has 0 spiro atoms. The van der Waals surface area contributed by atoms with Crippen LogP contribution >= 0.6 is 23.5 Å². The van der Waals surface area contributed by atoms with Crippen LogP contribution < -0.4 is 11.2 Å². The van der Waals surface area contributed by atoms with Gasteiger partial charge in [-0.1, -0.05) is 5.11 Å². The van der Waals surface area contributed by atoms with Crippen LogP contribution in [0.15, 0.2) is 20.9 Å². The van der Waals surface area contributed by atoms with Crippen LogP contribution in [-0.4, -0.2) is 54.7 Å². The summed E-state index contributed by atoms with van der Waals surface area (Å²) in [5, 5.41) is 3.16. The number of aromatic amines is 1. The van der Waals surface area contributed by atoms with E-state index in [0.29, 0.717) is 0 Å². The standard InChI is InChI=1S/C11H18N5O14P3/c1-6-3-16(11(18)14-10(6)17)9-2-7(26-5-13-15-12)8(28-9)4-27-32(22,23)30-33(24,25)29-31(19,20)21/h3,7-9H,2,4-5H2,1H3,(H,22,23)(H,24,25)(H,14,17,18)(H2,19,20,21)/t7-,8?,9-/m1/s1. The van der Waals surface area contributed by atoms with Gasteiger partial charge in [-0.3, -0.25) is 18.9 Å². The van der Waals surface area contributed by atoms with Gasteiger partial charge >= 0.3 is 29.2 Å². The third kappa shape index (κ3) is 8.55. The summed E-state index contributed by atoms with van der Waals surface area (Å²) in [6.45, 7) is 0.0624. The van der Waals surface area contributed by atoms with E-state index in [-0.39, 0.29) is 12.0 Å². The topological polar surface area (TPSA) is 282 Å². The van der Waals surface area contributed by atoms with Gasteiger partial charge in [0.05, 0.1) is 12.7 Å². The highest BCUT2D eigenvalue weighted by Gasteiger charge is 2.43. The van der Waals surface area contributed by atoms with Crippen molar-refractivity contribution in [2.45, 2.75) is 31.8 Å². The second kappa shape index (κ2) is 10.7. The molecule has 33 heavy (non-hydrogen) atoms. The van der Waals surface area contributed by atoms with Gasteiger partial charge in [-0.15, -0.1) is 0 Å². The fourth-order valence-electron chi connectivity index (χ4n) is 2.62. The Morgan fingerprint density at radius 2 is 1.91 bits per heavy atom. The molecule has 0 bridgehead atoms. The summed E-state index contributed by atoms with van der Waals surface area (Å²) in [6.07, 6.45) is -2.21. The molecule has 0 aromatic carbocycles. The van der Waals surface area contributed by atoms with Crippen LogP contribution in [0, 0.1) is 6.92 Å². The van der Waals surface area contributed by atoms with Crippen molar-refractivity contribution in [2.24, 2.45) is 5.11 Å². The van der Waals surface area contributed by atoms with E-state index in [9.17, 15) is 33.1 Å². The Balaban J connectivity index is 2.16. The Bertz CT molecular complexity index is 1170. The summed E-state index contributed by atoms with van der Waals surface area (Å²) in [6, 6.07) is 0. The number of nitrogens with one attached hydrogen (secondary N) is 1. The second-order valence-corrected chi connectivity index (χ2v) is 10.7. The molecule has 22 heteroatoms. The highest BCUT2D eigenvalue weighted by molar-refractivity contribution is 7.66. The van der Waals surface area contributed by atoms with Gasteiger partial charge in [0.15, 0.2) is 0 Å². The van der Waals surface area contributed by atoms with Crippen molar-refractivity contribution in [3.05, 3.63) is 43.0 Å². The molecule has 186 valence electrons. The first-order chi connectivity index (χ1) is 15.1. The number of phosphoric ester groups is 1. The Labute approximate surface area is 182 Å². The highest BCUT2D eigenvalue weighted by Crippen LogP contribution is 2.66. The first-order valence-corrected chi connectivity index (χ1v) is 13.0. The lowest BCUT2D eigenvalue weighted by molar-refractivity contribution is -0.0601. The van der Waals surface area contributed by atoms with Crippen LogP contribution in [-0.2, 0) is 36.3 Å². The zero-order valence-electron chi connectivity index (χ0n) is 16.4. The van der Waals surface area contributed by atoms with Crippen molar-refractivity contribution in [2.75, 3.05) is 13.3 Å². The first-order valence-electron chi connectivity index (χ1n) is 8.51. The fraction of sp³-hybridized carbons (Fsp3) is 0.636. The minimum absolute atomic E-state index is 0.0865. The predicted molar refractivity (Wildman–Crippen MR) is 103 cm³/mol. The molecule has 0 aliphatic carbocycles. The van der Waals surface area contributed by atoms with Gasteiger partial charge in [-0.2, -0.15) is 8.62 Å². The van der Waals surface area contributed by atoms with Crippen LogP contribution in [0.3, 0.4) is 0 Å². The lowest BCUT2D eigenvalue weighted by Gasteiger charge is -2.21. The van der Waals surface area contributed by atoms with E-state index < -0.39 is 66.5 Å². The van der Waals surface area contributed by atoms with Crippen LogP contribution in [0.25, 0.3) is 10.4 Å². The molecule has 1 aliphatic rings. The maximum Gasteiger partial charge on any atom is 0.490 e.